The van der Waals surface area contributed by atoms with Crippen molar-refractivity contribution in [3.05, 3.63) is 72.9 Å². The molecule has 0 N–H and O–H groups in total. The molecule has 0 spiro atoms. The van der Waals surface area contributed by atoms with Gasteiger partial charge < -0.3 is 28.6 Å². The number of carbonyl (C=O) groups is 3. The molecule has 8 nitrogen and oxygen atoms in total. The van der Waals surface area contributed by atoms with Crippen LogP contribution in [0.25, 0.3) is 0 Å². The minimum Gasteiger partial charge on any atom is -0.544 e. The summed E-state index contributed by atoms with van der Waals surface area (Å²) in [5.41, 5.74) is 0. The van der Waals surface area contributed by atoms with Gasteiger partial charge in [-0.25, -0.2) is 0 Å². The van der Waals surface area contributed by atoms with Crippen molar-refractivity contribution in [3.8, 4) is 0 Å². The number of ether oxygens (including phenoxy) is 3. The lowest BCUT2D eigenvalue weighted by molar-refractivity contribution is -0.889. The van der Waals surface area contributed by atoms with E-state index in [1.807, 2.05) is 0 Å². The van der Waals surface area contributed by atoms with Crippen molar-refractivity contribution in [1.29, 1.82) is 0 Å². The summed E-state index contributed by atoms with van der Waals surface area (Å²) in [6, 6.07) is -0.732. The van der Waals surface area contributed by atoms with E-state index in [-0.39, 0.29) is 42.7 Å². The number of carbonyl (C=O) groups excluding carboxylic acids is 3. The van der Waals surface area contributed by atoms with Crippen molar-refractivity contribution in [2.75, 3.05) is 41.0 Å². The Hall–Kier alpha value is -3.23. The first-order chi connectivity index (χ1) is 30.1. The van der Waals surface area contributed by atoms with E-state index in [9.17, 15) is 19.5 Å². The van der Waals surface area contributed by atoms with Gasteiger partial charge in [0.2, 0.25) is 0 Å². The van der Waals surface area contributed by atoms with Crippen molar-refractivity contribution in [1.82, 2.24) is 0 Å². The predicted octanol–water partition coefficient (Wildman–Crippen LogP) is 13.0. The Bertz CT molecular complexity index is 1240. The number of hydrogen-bond donors (Lipinski definition) is 0. The molecule has 0 radical (unpaired) electrons. The van der Waals surface area contributed by atoms with Crippen molar-refractivity contribution in [2.24, 2.45) is 0 Å². The average molecular weight is 868 g/mol. The third-order valence-corrected chi connectivity index (χ3v) is 10.8. The molecule has 0 aromatic rings. The molecule has 0 aromatic carbocycles. The lowest BCUT2D eigenvalue weighted by Crippen LogP contribution is -2.55. The zero-order chi connectivity index (χ0) is 45.6. The molecule has 0 heterocycles. The number of unbranched alkanes of at least 4 members (excludes halogenated alkanes) is 18. The van der Waals surface area contributed by atoms with E-state index in [4.69, 9.17) is 14.2 Å². The van der Waals surface area contributed by atoms with Crippen LogP contribution in [-0.4, -0.2) is 75.5 Å². The zero-order valence-electron chi connectivity index (χ0n) is 40.5. The Balaban J connectivity index is 4.29. The van der Waals surface area contributed by atoms with Crippen LogP contribution in [0.4, 0.5) is 0 Å². The summed E-state index contributed by atoms with van der Waals surface area (Å²) in [5, 5.41) is 11.7. The van der Waals surface area contributed by atoms with Gasteiger partial charge in [-0.3, -0.25) is 9.59 Å². The fourth-order valence-corrected chi connectivity index (χ4v) is 6.97. The molecule has 0 rings (SSSR count). The first kappa shape index (κ1) is 58.8. The van der Waals surface area contributed by atoms with Gasteiger partial charge >= 0.3 is 11.9 Å². The third kappa shape index (κ3) is 42.1. The molecule has 62 heavy (non-hydrogen) atoms. The second kappa shape index (κ2) is 44.4. The van der Waals surface area contributed by atoms with Crippen LogP contribution in [0, 0.1) is 0 Å². The molecule has 0 aliphatic carbocycles. The maximum Gasteiger partial charge on any atom is 0.306 e. The topological polar surface area (TPSA) is 102 Å². The van der Waals surface area contributed by atoms with Crippen LogP contribution in [0.15, 0.2) is 72.9 Å². The van der Waals surface area contributed by atoms with Gasteiger partial charge in [0.15, 0.2) is 6.10 Å². The number of rotatable bonds is 44. The molecule has 0 saturated heterocycles. The van der Waals surface area contributed by atoms with Gasteiger partial charge in [0.05, 0.1) is 40.3 Å². The smallest absolute Gasteiger partial charge is 0.306 e. The lowest BCUT2D eigenvalue weighted by atomic mass is 10.1. The Morgan fingerprint density at radius 3 is 1.35 bits per heavy atom. The molecule has 0 aliphatic rings. The van der Waals surface area contributed by atoms with Crippen molar-refractivity contribution >= 4 is 17.9 Å². The molecule has 0 amide bonds. The minimum atomic E-state index is -1.13. The fourth-order valence-electron chi connectivity index (χ4n) is 6.97. The van der Waals surface area contributed by atoms with Crippen molar-refractivity contribution in [3.63, 3.8) is 0 Å². The Kier molecular flexibility index (Phi) is 42.1. The zero-order valence-corrected chi connectivity index (χ0v) is 40.5. The van der Waals surface area contributed by atoms with Crippen LogP contribution >= 0.6 is 0 Å². The third-order valence-electron chi connectivity index (χ3n) is 10.8. The number of quaternary nitrogens is 1. The van der Waals surface area contributed by atoms with Gasteiger partial charge in [0.25, 0.3) is 0 Å². The Morgan fingerprint density at radius 1 is 0.500 bits per heavy atom. The molecular weight excluding hydrogens is 775 g/mol. The molecule has 2 atom stereocenters. The molecular formula is C54H93NO7. The highest BCUT2D eigenvalue weighted by Gasteiger charge is 2.25. The second-order valence-electron chi connectivity index (χ2n) is 17.7. The van der Waals surface area contributed by atoms with Gasteiger partial charge in [-0.1, -0.05) is 170 Å². The van der Waals surface area contributed by atoms with E-state index in [0.29, 0.717) is 12.8 Å². The van der Waals surface area contributed by atoms with Crippen LogP contribution in [0.2, 0.25) is 0 Å². The Morgan fingerprint density at radius 2 is 0.903 bits per heavy atom. The molecule has 0 saturated carbocycles. The summed E-state index contributed by atoms with van der Waals surface area (Å²) in [7, 11) is 5.40. The highest BCUT2D eigenvalue weighted by molar-refractivity contribution is 5.70. The maximum absolute atomic E-state index is 12.8. The second-order valence-corrected chi connectivity index (χ2v) is 17.7. The number of aliphatic carboxylic acids is 1. The van der Waals surface area contributed by atoms with E-state index in [1.54, 1.807) is 21.1 Å². The average Bonchev–Trinajstić information content (AvgIpc) is 3.23. The maximum atomic E-state index is 12.8. The number of nitrogens with zero attached hydrogens (tertiary/aromatic N) is 1. The fraction of sp³-hybridized carbons (Fsp3) is 0.722. The van der Waals surface area contributed by atoms with E-state index >= 15 is 0 Å². The summed E-state index contributed by atoms with van der Waals surface area (Å²) in [6.45, 7) is 4.52. The summed E-state index contributed by atoms with van der Waals surface area (Å²) in [5.74, 6) is -1.76. The van der Waals surface area contributed by atoms with Crippen LogP contribution in [0.5, 0.6) is 0 Å². The highest BCUT2D eigenvalue weighted by atomic mass is 16.6. The number of likely N-dealkylation sites (N-methyl/N-ethyl adjacent to an activating group) is 1. The Labute approximate surface area is 381 Å². The van der Waals surface area contributed by atoms with Crippen LogP contribution in [0.3, 0.4) is 0 Å². The summed E-state index contributed by atoms with van der Waals surface area (Å²) < 4.78 is 17.2. The molecule has 2 unspecified atom stereocenters. The van der Waals surface area contributed by atoms with Gasteiger partial charge in [-0.15, -0.1) is 0 Å². The number of carboxylic acids is 1. The standard InChI is InChI=1S/C54H93NO7/c1-6-8-10-12-14-16-18-20-22-23-24-25-26-27-28-29-31-33-35-37-39-41-43-45-53(57)62-50(48-60-47-46-51(54(58)59)55(3,4)5)49-61-52(56)44-42-40-38-36-34-32-30-21-19-17-15-13-11-9-7-2/h8,10,14,16-17,19-20,22,24-25,27-28,50-51H,6-7,9,11-13,15,18,21,23,26,29-49H2,1-5H3/b10-8+,16-14+,19-17+,22-20+,25-24+,28-27+. The van der Waals surface area contributed by atoms with E-state index < -0.39 is 18.1 Å². The van der Waals surface area contributed by atoms with Crippen LogP contribution in [0.1, 0.15) is 200 Å². The van der Waals surface area contributed by atoms with Crippen LogP contribution in [-0.2, 0) is 28.6 Å². The minimum absolute atomic E-state index is 0.0320. The van der Waals surface area contributed by atoms with Crippen molar-refractivity contribution < 1.29 is 38.2 Å². The van der Waals surface area contributed by atoms with Crippen molar-refractivity contribution in [2.45, 2.75) is 212 Å². The normalized spacial score (nSPS) is 13.5. The monoisotopic (exact) mass is 868 g/mol. The van der Waals surface area contributed by atoms with E-state index in [2.05, 4.69) is 86.8 Å². The first-order valence-electron chi connectivity index (χ1n) is 25.0. The van der Waals surface area contributed by atoms with Gasteiger partial charge in [-0.05, 0) is 83.5 Å². The van der Waals surface area contributed by atoms with E-state index in [0.717, 1.165) is 83.5 Å². The highest BCUT2D eigenvalue weighted by Crippen LogP contribution is 2.14. The number of esters is 2. The lowest BCUT2D eigenvalue weighted by Gasteiger charge is -2.34. The molecule has 0 aliphatic heterocycles. The molecule has 0 bridgehead atoms. The molecule has 8 heteroatoms. The largest absolute Gasteiger partial charge is 0.544 e. The van der Waals surface area contributed by atoms with Crippen LogP contribution < -0.4 is 5.11 Å². The predicted molar refractivity (Wildman–Crippen MR) is 259 cm³/mol. The SMILES string of the molecule is CC/C=C/C/C=C/C/C=C/C/C=C/C/C=C/CCCCCCCCCC(=O)OC(COCCC(C(=O)[O-])[N+](C)(C)C)COC(=O)CCCCCCCCC/C=C/CCCCCC. The number of allylic oxidation sites excluding steroid dienone is 12. The number of hydrogen-bond acceptors (Lipinski definition) is 7. The summed E-state index contributed by atoms with van der Waals surface area (Å²) in [4.78, 5) is 37.0. The molecule has 0 aromatic heterocycles. The summed E-state index contributed by atoms with van der Waals surface area (Å²) in [6.07, 6.45) is 56.4. The number of carboxylic acid groups (broad SMARTS) is 1. The quantitative estimate of drug-likeness (QED) is 0.0260. The van der Waals surface area contributed by atoms with Gasteiger partial charge in [0, 0.05) is 19.3 Å². The van der Waals surface area contributed by atoms with E-state index in [1.165, 1.54) is 83.5 Å². The van der Waals surface area contributed by atoms with Gasteiger partial charge in [0.1, 0.15) is 12.6 Å². The molecule has 356 valence electrons. The summed E-state index contributed by atoms with van der Waals surface area (Å²) >= 11 is 0. The molecule has 0 fully saturated rings. The van der Waals surface area contributed by atoms with Gasteiger partial charge in [-0.2, -0.15) is 0 Å². The first-order valence-corrected chi connectivity index (χ1v) is 25.0.